The van der Waals surface area contributed by atoms with Crippen molar-refractivity contribution in [1.82, 2.24) is 9.88 Å². The number of aliphatic hydroxyl groups is 1. The van der Waals surface area contributed by atoms with E-state index in [1.54, 1.807) is 18.9 Å². The third kappa shape index (κ3) is 3.15. The minimum atomic E-state index is -0.388. The Labute approximate surface area is 113 Å². The third-order valence-corrected chi connectivity index (χ3v) is 3.24. The summed E-state index contributed by atoms with van der Waals surface area (Å²) in [6.45, 7) is 4.30. The molecular formula is C15H20N2O2. The van der Waals surface area contributed by atoms with E-state index in [9.17, 15) is 9.90 Å². The number of hydrogen-bond acceptors (Lipinski definition) is 2. The van der Waals surface area contributed by atoms with Gasteiger partial charge in [-0.1, -0.05) is 12.1 Å². The molecule has 0 aliphatic rings. The first kappa shape index (κ1) is 13.6. The molecule has 1 heterocycles. The summed E-state index contributed by atoms with van der Waals surface area (Å²) in [6, 6.07) is 7.94. The molecule has 0 aliphatic heterocycles. The number of fused-ring (bicyclic) bond motifs is 1. The largest absolute Gasteiger partial charge is 0.393 e. The van der Waals surface area contributed by atoms with E-state index in [1.165, 1.54) is 0 Å². The van der Waals surface area contributed by atoms with Crippen LogP contribution in [0.3, 0.4) is 0 Å². The second-order valence-electron chi connectivity index (χ2n) is 5.14. The smallest absolute Gasteiger partial charge is 0.270 e. The van der Waals surface area contributed by atoms with Crippen LogP contribution in [0.1, 0.15) is 29.4 Å². The Morgan fingerprint density at radius 1 is 1.42 bits per heavy atom. The molecule has 2 rings (SSSR count). The number of nitrogens with zero attached hydrogens (tertiary/aromatic N) is 1. The van der Waals surface area contributed by atoms with Crippen molar-refractivity contribution in [2.45, 2.75) is 26.4 Å². The fourth-order valence-corrected chi connectivity index (χ4v) is 2.04. The molecule has 1 aromatic heterocycles. The number of amides is 1. The zero-order valence-electron chi connectivity index (χ0n) is 11.6. The number of aryl methyl sites for hydroxylation is 1. The first-order valence-electron chi connectivity index (χ1n) is 6.50. The highest BCUT2D eigenvalue weighted by Crippen LogP contribution is 2.17. The van der Waals surface area contributed by atoms with Gasteiger partial charge >= 0.3 is 0 Å². The van der Waals surface area contributed by atoms with Gasteiger partial charge in [0, 0.05) is 24.5 Å². The first-order chi connectivity index (χ1) is 8.97. The minimum Gasteiger partial charge on any atom is -0.393 e. The maximum Gasteiger partial charge on any atom is 0.270 e. The van der Waals surface area contributed by atoms with Crippen molar-refractivity contribution in [2.24, 2.45) is 0 Å². The summed E-state index contributed by atoms with van der Waals surface area (Å²) < 4.78 is 0. The van der Waals surface area contributed by atoms with E-state index in [4.69, 9.17) is 0 Å². The second-order valence-corrected chi connectivity index (χ2v) is 5.14. The fourth-order valence-electron chi connectivity index (χ4n) is 2.04. The number of nitrogens with one attached hydrogen (secondary N) is 1. The maximum absolute atomic E-state index is 12.2. The van der Waals surface area contributed by atoms with E-state index in [0.29, 0.717) is 18.7 Å². The summed E-state index contributed by atoms with van der Waals surface area (Å²) >= 11 is 0. The van der Waals surface area contributed by atoms with Crippen LogP contribution in [0.15, 0.2) is 24.3 Å². The molecule has 2 aromatic rings. The number of aliphatic hydroxyl groups excluding tert-OH is 1. The van der Waals surface area contributed by atoms with Crippen LogP contribution in [0.4, 0.5) is 0 Å². The van der Waals surface area contributed by atoms with Gasteiger partial charge in [-0.05, 0) is 38.0 Å². The Morgan fingerprint density at radius 2 is 2.16 bits per heavy atom. The van der Waals surface area contributed by atoms with Gasteiger partial charge in [0.15, 0.2) is 0 Å². The van der Waals surface area contributed by atoms with E-state index >= 15 is 0 Å². The van der Waals surface area contributed by atoms with Crippen molar-refractivity contribution in [3.8, 4) is 0 Å². The van der Waals surface area contributed by atoms with Crippen molar-refractivity contribution in [3.05, 3.63) is 35.5 Å². The molecule has 4 heteroatoms. The van der Waals surface area contributed by atoms with E-state index < -0.39 is 0 Å². The standard InChI is InChI=1S/C15H20N2O2/c1-10-4-5-12-9-14(16-13(12)8-10)15(19)17(3)7-6-11(2)18/h4-5,8-9,11,16,18H,6-7H2,1-3H3. The lowest BCUT2D eigenvalue weighted by Gasteiger charge is -2.17. The molecule has 0 radical (unpaired) electrons. The Hall–Kier alpha value is -1.81. The Kier molecular flexibility index (Phi) is 3.90. The summed E-state index contributed by atoms with van der Waals surface area (Å²) in [5.41, 5.74) is 2.73. The van der Waals surface area contributed by atoms with Crippen molar-refractivity contribution >= 4 is 16.8 Å². The molecule has 0 saturated carbocycles. The van der Waals surface area contributed by atoms with Gasteiger partial charge in [-0.2, -0.15) is 0 Å². The molecular weight excluding hydrogens is 240 g/mol. The highest BCUT2D eigenvalue weighted by Gasteiger charge is 2.14. The van der Waals surface area contributed by atoms with E-state index in [0.717, 1.165) is 16.5 Å². The van der Waals surface area contributed by atoms with Crippen LogP contribution in [0.5, 0.6) is 0 Å². The van der Waals surface area contributed by atoms with Gasteiger partial charge < -0.3 is 15.0 Å². The summed E-state index contributed by atoms with van der Waals surface area (Å²) in [4.78, 5) is 17.0. The van der Waals surface area contributed by atoms with Crippen LogP contribution in [0.25, 0.3) is 10.9 Å². The van der Waals surface area contributed by atoms with Crippen molar-refractivity contribution in [2.75, 3.05) is 13.6 Å². The van der Waals surface area contributed by atoms with Crippen LogP contribution >= 0.6 is 0 Å². The maximum atomic E-state index is 12.2. The Morgan fingerprint density at radius 3 is 2.84 bits per heavy atom. The van der Waals surface area contributed by atoms with Crippen LogP contribution in [0, 0.1) is 6.92 Å². The molecule has 0 bridgehead atoms. The van der Waals surface area contributed by atoms with Crippen LogP contribution < -0.4 is 0 Å². The molecule has 1 atom stereocenters. The number of H-pyrrole nitrogens is 1. The van der Waals surface area contributed by atoms with E-state index in [2.05, 4.69) is 4.98 Å². The zero-order chi connectivity index (χ0) is 14.0. The summed E-state index contributed by atoms with van der Waals surface area (Å²) in [6.07, 6.45) is 0.197. The monoisotopic (exact) mass is 260 g/mol. The number of benzene rings is 1. The van der Waals surface area contributed by atoms with Crippen LogP contribution in [-0.2, 0) is 0 Å². The number of hydrogen-bond donors (Lipinski definition) is 2. The van der Waals surface area contributed by atoms with Crippen molar-refractivity contribution in [3.63, 3.8) is 0 Å². The molecule has 1 amide bonds. The van der Waals surface area contributed by atoms with Crippen LogP contribution in [-0.4, -0.2) is 40.6 Å². The molecule has 102 valence electrons. The average molecular weight is 260 g/mol. The molecule has 4 nitrogen and oxygen atoms in total. The van der Waals surface area contributed by atoms with Gasteiger partial charge in [-0.25, -0.2) is 0 Å². The Balaban J connectivity index is 2.16. The SMILES string of the molecule is Cc1ccc2cc(C(=O)N(C)CCC(C)O)[nH]c2c1. The molecule has 0 aliphatic carbocycles. The fraction of sp³-hybridized carbons (Fsp3) is 0.400. The summed E-state index contributed by atoms with van der Waals surface area (Å²) in [5, 5.41) is 10.3. The summed E-state index contributed by atoms with van der Waals surface area (Å²) in [7, 11) is 1.75. The summed E-state index contributed by atoms with van der Waals surface area (Å²) in [5.74, 6) is -0.0468. The van der Waals surface area contributed by atoms with Gasteiger partial charge in [-0.15, -0.1) is 0 Å². The number of aromatic amines is 1. The van der Waals surface area contributed by atoms with E-state index in [1.807, 2.05) is 31.2 Å². The van der Waals surface area contributed by atoms with Gasteiger partial charge in [0.05, 0.1) is 6.10 Å². The van der Waals surface area contributed by atoms with Gasteiger partial charge in [0.25, 0.3) is 5.91 Å². The van der Waals surface area contributed by atoms with Crippen molar-refractivity contribution < 1.29 is 9.90 Å². The molecule has 0 saturated heterocycles. The average Bonchev–Trinajstić information content (AvgIpc) is 2.77. The zero-order valence-corrected chi connectivity index (χ0v) is 11.6. The highest BCUT2D eigenvalue weighted by atomic mass is 16.3. The molecule has 0 fully saturated rings. The lowest BCUT2D eigenvalue weighted by atomic mass is 10.2. The van der Waals surface area contributed by atoms with Gasteiger partial charge in [0.1, 0.15) is 5.69 Å². The molecule has 1 aromatic carbocycles. The minimum absolute atomic E-state index is 0.0468. The second kappa shape index (κ2) is 5.45. The van der Waals surface area contributed by atoms with Gasteiger partial charge in [0.2, 0.25) is 0 Å². The Bertz CT molecular complexity index is 587. The normalized spacial score (nSPS) is 12.6. The lowest BCUT2D eigenvalue weighted by Crippen LogP contribution is -2.29. The number of carbonyl (C=O) groups excluding carboxylic acids is 1. The lowest BCUT2D eigenvalue weighted by molar-refractivity contribution is 0.0764. The van der Waals surface area contributed by atoms with Crippen molar-refractivity contribution in [1.29, 1.82) is 0 Å². The molecule has 2 N–H and O–H groups in total. The van der Waals surface area contributed by atoms with Crippen LogP contribution in [0.2, 0.25) is 0 Å². The predicted molar refractivity (Wildman–Crippen MR) is 76.3 cm³/mol. The topological polar surface area (TPSA) is 56.3 Å². The molecule has 0 spiro atoms. The highest BCUT2D eigenvalue weighted by molar-refractivity contribution is 5.98. The number of rotatable bonds is 4. The molecule has 19 heavy (non-hydrogen) atoms. The van der Waals surface area contributed by atoms with E-state index in [-0.39, 0.29) is 12.0 Å². The molecule has 1 unspecified atom stereocenters. The van der Waals surface area contributed by atoms with Gasteiger partial charge in [-0.3, -0.25) is 4.79 Å². The quantitative estimate of drug-likeness (QED) is 0.886. The predicted octanol–water partition coefficient (Wildman–Crippen LogP) is 2.32. The number of aromatic nitrogens is 1. The third-order valence-electron chi connectivity index (χ3n) is 3.24. The number of carbonyl (C=O) groups is 1. The first-order valence-corrected chi connectivity index (χ1v) is 6.50.